The maximum atomic E-state index is 12.0. The van der Waals surface area contributed by atoms with Gasteiger partial charge in [0.15, 0.2) is 6.54 Å². The molecule has 4 N–H and O–H groups in total. The Morgan fingerprint density at radius 1 is 0.920 bits per heavy atom. The lowest BCUT2D eigenvalue weighted by molar-refractivity contribution is -0.692. The molecule has 5 nitrogen and oxygen atoms in total. The molecule has 0 aliphatic rings. The largest absolute Gasteiger partial charge is 0.352 e. The summed E-state index contributed by atoms with van der Waals surface area (Å²) >= 11 is 0. The van der Waals surface area contributed by atoms with E-state index < -0.39 is 0 Å². The average molecular weight is 349 g/mol. The summed E-state index contributed by atoms with van der Waals surface area (Å²) in [5.74, 6) is 0.636. The van der Waals surface area contributed by atoms with Crippen molar-refractivity contribution in [2.24, 2.45) is 5.92 Å². The minimum atomic E-state index is -0.159. The molecular weight excluding hydrogens is 314 g/mol. The van der Waals surface area contributed by atoms with E-state index in [1.54, 1.807) is 0 Å². The molecule has 1 aromatic rings. The van der Waals surface area contributed by atoms with Gasteiger partial charge in [-0.3, -0.25) is 9.59 Å². The monoisotopic (exact) mass is 348 g/mol. The van der Waals surface area contributed by atoms with Gasteiger partial charge in [-0.2, -0.15) is 0 Å². The van der Waals surface area contributed by atoms with E-state index in [2.05, 4.69) is 62.6 Å². The molecule has 1 atom stereocenters. The number of amides is 2. The fourth-order valence-corrected chi connectivity index (χ4v) is 2.75. The van der Waals surface area contributed by atoms with Gasteiger partial charge in [0.1, 0.15) is 6.04 Å². The predicted octanol–water partition coefficient (Wildman–Crippen LogP) is 1.71. The number of rotatable bonds is 9. The minimum Gasteiger partial charge on any atom is -0.352 e. The third-order valence-corrected chi connectivity index (χ3v) is 4.16. The number of hydrogen-bond donors (Lipinski definition) is 3. The van der Waals surface area contributed by atoms with Gasteiger partial charge in [-0.05, 0) is 25.3 Å². The van der Waals surface area contributed by atoms with E-state index >= 15 is 0 Å². The number of nitrogens with one attached hydrogen (secondary N) is 2. The van der Waals surface area contributed by atoms with Crippen molar-refractivity contribution in [2.75, 3.05) is 13.1 Å². The number of carbonyl (C=O) groups is 2. The molecule has 0 unspecified atom stereocenters. The Morgan fingerprint density at radius 2 is 1.48 bits per heavy atom. The van der Waals surface area contributed by atoms with Gasteiger partial charge < -0.3 is 16.0 Å². The lowest BCUT2D eigenvalue weighted by Crippen LogP contribution is -2.88. The van der Waals surface area contributed by atoms with Crippen LogP contribution in [0.3, 0.4) is 0 Å². The van der Waals surface area contributed by atoms with Crippen LogP contribution < -0.4 is 16.0 Å². The standard InChI is InChI=1S/C20H33N3O2/c1-13(2)16-7-9-17(10-8-16)20(14(3)4)22-11-18(24)21-12-19(25)23-15(5)6/h7-10,13-15,20,22H,11-12H2,1-6H3,(H,21,24)(H,23,25)/p+1/t20-/m1/s1. The molecule has 1 aromatic carbocycles. The molecule has 0 radical (unpaired) electrons. The van der Waals surface area contributed by atoms with Crippen molar-refractivity contribution in [2.45, 2.75) is 59.5 Å². The fourth-order valence-electron chi connectivity index (χ4n) is 2.75. The molecule has 5 heteroatoms. The molecule has 25 heavy (non-hydrogen) atoms. The smallest absolute Gasteiger partial charge is 0.275 e. The van der Waals surface area contributed by atoms with Gasteiger partial charge in [-0.1, -0.05) is 52.0 Å². The molecule has 2 amide bonds. The molecule has 0 aliphatic heterocycles. The Hall–Kier alpha value is -1.88. The van der Waals surface area contributed by atoms with E-state index in [0.29, 0.717) is 18.4 Å². The van der Waals surface area contributed by atoms with Crippen molar-refractivity contribution in [3.8, 4) is 0 Å². The molecule has 0 saturated heterocycles. The third kappa shape index (κ3) is 7.69. The van der Waals surface area contributed by atoms with Gasteiger partial charge >= 0.3 is 0 Å². The third-order valence-electron chi connectivity index (χ3n) is 4.16. The Bertz CT molecular complexity index is 551. The van der Waals surface area contributed by atoms with Crippen LogP contribution in [0.25, 0.3) is 0 Å². The highest BCUT2D eigenvalue weighted by Crippen LogP contribution is 2.21. The second-order valence-electron chi connectivity index (χ2n) is 7.53. The van der Waals surface area contributed by atoms with Crippen molar-refractivity contribution >= 4 is 11.8 Å². The van der Waals surface area contributed by atoms with Crippen LogP contribution in [0.1, 0.15) is 64.6 Å². The van der Waals surface area contributed by atoms with E-state index in [0.717, 1.165) is 0 Å². The van der Waals surface area contributed by atoms with Crippen molar-refractivity contribution in [3.63, 3.8) is 0 Å². The Kier molecular flexibility index (Phi) is 8.62. The lowest BCUT2D eigenvalue weighted by Gasteiger charge is -2.20. The average Bonchev–Trinajstić information content (AvgIpc) is 2.52. The maximum absolute atomic E-state index is 12.0. The zero-order chi connectivity index (χ0) is 19.0. The molecule has 0 heterocycles. The van der Waals surface area contributed by atoms with Crippen molar-refractivity contribution in [3.05, 3.63) is 35.4 Å². The van der Waals surface area contributed by atoms with Crippen LogP contribution in [0, 0.1) is 5.92 Å². The number of nitrogens with two attached hydrogens (primary N) is 1. The molecule has 0 spiro atoms. The van der Waals surface area contributed by atoms with Gasteiger partial charge in [0.2, 0.25) is 5.91 Å². The fraction of sp³-hybridized carbons (Fsp3) is 0.600. The Labute approximate surface area is 152 Å². The van der Waals surface area contributed by atoms with E-state index in [1.165, 1.54) is 11.1 Å². The molecular formula is C20H34N3O2+. The zero-order valence-corrected chi connectivity index (χ0v) is 16.4. The maximum Gasteiger partial charge on any atom is 0.275 e. The highest BCUT2D eigenvalue weighted by molar-refractivity contribution is 5.85. The number of benzene rings is 1. The molecule has 0 aliphatic carbocycles. The summed E-state index contributed by atoms with van der Waals surface area (Å²) in [4.78, 5) is 23.6. The Balaban J connectivity index is 2.55. The molecule has 0 bridgehead atoms. The van der Waals surface area contributed by atoms with E-state index in [4.69, 9.17) is 0 Å². The molecule has 0 aromatic heterocycles. The van der Waals surface area contributed by atoms with Crippen molar-refractivity contribution < 1.29 is 14.9 Å². The lowest BCUT2D eigenvalue weighted by atomic mass is 9.93. The highest BCUT2D eigenvalue weighted by atomic mass is 16.2. The van der Waals surface area contributed by atoms with E-state index in [-0.39, 0.29) is 30.4 Å². The van der Waals surface area contributed by atoms with Crippen molar-refractivity contribution in [1.29, 1.82) is 0 Å². The minimum absolute atomic E-state index is 0.0281. The van der Waals surface area contributed by atoms with Crippen LogP contribution in [0.2, 0.25) is 0 Å². The molecule has 0 saturated carbocycles. The summed E-state index contributed by atoms with van der Waals surface area (Å²) in [6, 6.07) is 8.94. The first kappa shape index (κ1) is 21.2. The van der Waals surface area contributed by atoms with Gasteiger partial charge in [0.25, 0.3) is 5.91 Å². The van der Waals surface area contributed by atoms with E-state index in [9.17, 15) is 9.59 Å². The van der Waals surface area contributed by atoms with Gasteiger partial charge in [0.05, 0.1) is 6.54 Å². The number of hydrogen-bond acceptors (Lipinski definition) is 2. The summed E-state index contributed by atoms with van der Waals surface area (Å²) in [5.41, 5.74) is 2.55. The first-order valence-electron chi connectivity index (χ1n) is 9.20. The van der Waals surface area contributed by atoms with Crippen LogP contribution in [0.4, 0.5) is 0 Å². The van der Waals surface area contributed by atoms with E-state index in [1.807, 2.05) is 19.2 Å². The topological polar surface area (TPSA) is 74.8 Å². The SMILES string of the molecule is CC(C)NC(=O)CNC(=O)C[NH2+][C@@H](c1ccc(C(C)C)cc1)C(C)C. The normalized spacial score (nSPS) is 12.5. The number of carbonyl (C=O) groups excluding carboxylic acids is 2. The van der Waals surface area contributed by atoms with Crippen LogP contribution in [-0.2, 0) is 9.59 Å². The van der Waals surface area contributed by atoms with Gasteiger partial charge in [-0.15, -0.1) is 0 Å². The summed E-state index contributed by atoms with van der Waals surface area (Å²) in [5, 5.41) is 7.48. The van der Waals surface area contributed by atoms with Crippen LogP contribution >= 0.6 is 0 Å². The molecule has 1 rings (SSSR count). The Morgan fingerprint density at radius 3 is 1.96 bits per heavy atom. The quantitative estimate of drug-likeness (QED) is 0.635. The summed E-state index contributed by atoms with van der Waals surface area (Å²) in [7, 11) is 0. The second kappa shape index (κ2) is 10.2. The summed E-state index contributed by atoms with van der Waals surface area (Å²) in [6.07, 6.45) is 0. The van der Waals surface area contributed by atoms with Gasteiger partial charge in [0, 0.05) is 17.5 Å². The molecule has 140 valence electrons. The summed E-state index contributed by atoms with van der Waals surface area (Å²) in [6.45, 7) is 12.8. The first-order valence-corrected chi connectivity index (χ1v) is 9.20. The van der Waals surface area contributed by atoms with Crippen LogP contribution in [0.5, 0.6) is 0 Å². The summed E-state index contributed by atoms with van der Waals surface area (Å²) < 4.78 is 0. The van der Waals surface area contributed by atoms with Gasteiger partial charge in [-0.25, -0.2) is 0 Å². The van der Waals surface area contributed by atoms with Crippen LogP contribution in [-0.4, -0.2) is 30.9 Å². The second-order valence-corrected chi connectivity index (χ2v) is 7.53. The number of quaternary nitrogens is 1. The molecule has 0 fully saturated rings. The van der Waals surface area contributed by atoms with Crippen LogP contribution in [0.15, 0.2) is 24.3 Å². The first-order chi connectivity index (χ1) is 11.7. The predicted molar refractivity (Wildman–Crippen MR) is 101 cm³/mol. The highest BCUT2D eigenvalue weighted by Gasteiger charge is 2.20. The zero-order valence-electron chi connectivity index (χ0n) is 16.4. The van der Waals surface area contributed by atoms with Crippen molar-refractivity contribution in [1.82, 2.24) is 10.6 Å².